The van der Waals surface area contributed by atoms with Gasteiger partial charge in [0, 0.05) is 18.7 Å². The number of unbranched alkanes of at least 4 members (excludes halogenated alkanes) is 1. The molecule has 0 unspecified atom stereocenters. The zero-order valence-electron chi connectivity index (χ0n) is 18.6. The molecule has 0 fully saturated rings. The predicted octanol–water partition coefficient (Wildman–Crippen LogP) is 4.37. The second-order valence-corrected chi connectivity index (χ2v) is 8.33. The normalized spacial score (nSPS) is 10.8. The molecular formula is C23H25N7O2S. The smallest absolute Gasteiger partial charge is 0.369 e. The van der Waals surface area contributed by atoms with Crippen molar-refractivity contribution in [3.63, 3.8) is 0 Å². The van der Waals surface area contributed by atoms with Crippen LogP contribution in [-0.2, 0) is 11.3 Å². The van der Waals surface area contributed by atoms with Crippen LogP contribution in [0.25, 0.3) is 22.5 Å². The fraction of sp³-hybridized carbons (Fsp3) is 0.304. The number of H-pyrrole nitrogens is 1. The molecule has 4 aromatic rings. The number of esters is 1. The molecule has 2 aromatic heterocycles. The Morgan fingerprint density at radius 2 is 1.82 bits per heavy atom. The van der Waals surface area contributed by atoms with E-state index in [1.54, 1.807) is 6.92 Å². The summed E-state index contributed by atoms with van der Waals surface area (Å²) in [5, 5.41) is 23.5. The number of nitrogens with one attached hydrogen (secondary N) is 1. The lowest BCUT2D eigenvalue weighted by Gasteiger charge is -2.21. The van der Waals surface area contributed by atoms with Crippen LogP contribution in [0, 0.1) is 0 Å². The Kier molecular flexibility index (Phi) is 7.36. The molecular weight excluding hydrogens is 438 g/mol. The van der Waals surface area contributed by atoms with Crippen molar-refractivity contribution in [3.05, 3.63) is 59.1 Å². The van der Waals surface area contributed by atoms with Crippen molar-refractivity contribution in [2.24, 2.45) is 0 Å². The molecule has 170 valence electrons. The van der Waals surface area contributed by atoms with E-state index < -0.39 is 5.97 Å². The Balaban J connectivity index is 1.54. The summed E-state index contributed by atoms with van der Waals surface area (Å²) in [7, 11) is 0. The molecule has 0 saturated heterocycles. The lowest BCUT2D eigenvalue weighted by Crippen LogP contribution is -2.23. The number of hydrogen-bond acceptors (Lipinski definition) is 9. The summed E-state index contributed by atoms with van der Waals surface area (Å²) in [5.41, 5.74) is 4.21. The van der Waals surface area contributed by atoms with Crippen molar-refractivity contribution in [2.75, 3.05) is 18.1 Å². The molecule has 0 amide bonds. The van der Waals surface area contributed by atoms with Gasteiger partial charge in [-0.05, 0) is 40.5 Å². The van der Waals surface area contributed by atoms with E-state index >= 15 is 0 Å². The monoisotopic (exact) mass is 463 g/mol. The maximum Gasteiger partial charge on any atom is 0.369 e. The summed E-state index contributed by atoms with van der Waals surface area (Å²) >= 11 is 1.27. The molecule has 2 heterocycles. The first-order chi connectivity index (χ1) is 16.2. The first-order valence-corrected chi connectivity index (χ1v) is 11.7. The van der Waals surface area contributed by atoms with Crippen molar-refractivity contribution in [3.8, 4) is 22.5 Å². The van der Waals surface area contributed by atoms with Gasteiger partial charge in [-0.15, -0.1) is 15.3 Å². The number of nitrogens with zero attached hydrogens (tertiary/aromatic N) is 6. The largest absolute Gasteiger partial charge is 0.461 e. The molecule has 0 aliphatic heterocycles. The van der Waals surface area contributed by atoms with Gasteiger partial charge < -0.3 is 9.64 Å². The summed E-state index contributed by atoms with van der Waals surface area (Å²) < 4.78 is 5.05. The van der Waals surface area contributed by atoms with Gasteiger partial charge in [-0.3, -0.25) is 0 Å². The van der Waals surface area contributed by atoms with Gasteiger partial charge in [0.25, 0.3) is 0 Å². The number of carbonyl (C=O) groups is 1. The minimum absolute atomic E-state index is 0.280. The highest BCUT2D eigenvalue weighted by atomic mass is 32.1. The van der Waals surface area contributed by atoms with Crippen LogP contribution in [0.5, 0.6) is 0 Å². The Labute approximate surface area is 195 Å². The number of tetrazole rings is 1. The molecule has 0 saturated carbocycles. The van der Waals surface area contributed by atoms with Crippen LogP contribution in [0.2, 0.25) is 0 Å². The first-order valence-electron chi connectivity index (χ1n) is 10.9. The molecule has 0 radical (unpaired) electrons. The van der Waals surface area contributed by atoms with Gasteiger partial charge in [-0.1, -0.05) is 73.2 Å². The molecule has 33 heavy (non-hydrogen) atoms. The molecule has 1 N–H and O–H groups in total. The minimum atomic E-state index is -0.429. The van der Waals surface area contributed by atoms with Crippen LogP contribution in [0.3, 0.4) is 0 Å². The zero-order chi connectivity index (χ0) is 23.0. The molecule has 2 aromatic carbocycles. The van der Waals surface area contributed by atoms with Crippen LogP contribution < -0.4 is 4.90 Å². The number of ether oxygens (including phenoxy) is 1. The Bertz CT molecular complexity index is 1180. The summed E-state index contributed by atoms with van der Waals surface area (Å²) in [4.78, 5) is 14.2. The third-order valence-electron chi connectivity index (χ3n) is 5.08. The topological polar surface area (TPSA) is 110 Å². The van der Waals surface area contributed by atoms with Gasteiger partial charge in [0.2, 0.25) is 10.1 Å². The fourth-order valence-electron chi connectivity index (χ4n) is 3.43. The molecule has 10 heteroatoms. The van der Waals surface area contributed by atoms with E-state index in [4.69, 9.17) is 4.74 Å². The predicted molar refractivity (Wildman–Crippen MR) is 127 cm³/mol. The standard InChI is InChI=1S/C23H25N7O2S/c1-3-5-14-30(23-27-26-21(33-23)22(31)32-4-2)15-16-10-12-17(13-11-16)18-8-6-7-9-19(18)20-24-28-29-25-20/h6-13H,3-5,14-15H2,1-2H3,(H,24,25,28,29). The molecule has 0 atom stereocenters. The minimum Gasteiger partial charge on any atom is -0.461 e. The lowest BCUT2D eigenvalue weighted by atomic mass is 9.98. The highest BCUT2D eigenvalue weighted by molar-refractivity contribution is 7.17. The number of carbonyl (C=O) groups excluding carboxylic acids is 1. The van der Waals surface area contributed by atoms with Gasteiger partial charge >= 0.3 is 5.97 Å². The van der Waals surface area contributed by atoms with Crippen molar-refractivity contribution in [1.29, 1.82) is 0 Å². The van der Waals surface area contributed by atoms with Crippen molar-refractivity contribution >= 4 is 22.4 Å². The summed E-state index contributed by atoms with van der Waals surface area (Å²) in [6, 6.07) is 16.4. The fourth-order valence-corrected chi connectivity index (χ4v) is 4.20. The van der Waals surface area contributed by atoms with Gasteiger partial charge in [0.05, 0.1) is 6.61 Å². The van der Waals surface area contributed by atoms with Crippen molar-refractivity contribution in [2.45, 2.75) is 33.2 Å². The second kappa shape index (κ2) is 10.8. The number of aromatic nitrogens is 6. The average Bonchev–Trinajstić information content (AvgIpc) is 3.55. The average molecular weight is 464 g/mol. The number of rotatable bonds is 10. The Hall–Kier alpha value is -3.66. The lowest BCUT2D eigenvalue weighted by molar-refractivity contribution is 0.0525. The van der Waals surface area contributed by atoms with E-state index in [0.717, 1.165) is 46.8 Å². The van der Waals surface area contributed by atoms with Gasteiger partial charge in [0.15, 0.2) is 5.82 Å². The molecule has 0 aliphatic rings. The highest BCUT2D eigenvalue weighted by Crippen LogP contribution is 2.30. The Morgan fingerprint density at radius 1 is 1.03 bits per heavy atom. The van der Waals surface area contributed by atoms with Crippen LogP contribution in [-0.4, -0.2) is 49.9 Å². The third kappa shape index (κ3) is 5.40. The summed E-state index contributed by atoms with van der Waals surface area (Å²) in [5.74, 6) is 0.204. The molecule has 4 rings (SSSR count). The molecule has 0 bridgehead atoms. The molecule has 9 nitrogen and oxygen atoms in total. The quantitative estimate of drug-likeness (QED) is 0.345. The number of anilines is 1. The van der Waals surface area contributed by atoms with Gasteiger partial charge in [-0.2, -0.15) is 0 Å². The zero-order valence-corrected chi connectivity index (χ0v) is 19.4. The van der Waals surface area contributed by atoms with Crippen LogP contribution in [0.1, 0.15) is 42.1 Å². The van der Waals surface area contributed by atoms with Crippen LogP contribution in [0.4, 0.5) is 5.13 Å². The van der Waals surface area contributed by atoms with E-state index in [1.165, 1.54) is 11.3 Å². The summed E-state index contributed by atoms with van der Waals surface area (Å²) in [6.45, 7) is 5.74. The second-order valence-electron chi connectivity index (χ2n) is 7.38. The van der Waals surface area contributed by atoms with E-state index in [-0.39, 0.29) is 5.01 Å². The number of aromatic amines is 1. The maximum absolute atomic E-state index is 12.0. The Morgan fingerprint density at radius 3 is 2.52 bits per heavy atom. The third-order valence-corrected chi connectivity index (χ3v) is 6.05. The van der Waals surface area contributed by atoms with Crippen LogP contribution >= 0.6 is 11.3 Å². The maximum atomic E-state index is 12.0. The molecule has 0 aliphatic carbocycles. The van der Waals surface area contributed by atoms with E-state index in [1.807, 2.05) is 18.2 Å². The first kappa shape index (κ1) is 22.5. The van der Waals surface area contributed by atoms with Gasteiger partial charge in [0.1, 0.15) is 0 Å². The van der Waals surface area contributed by atoms with E-state index in [2.05, 4.69) is 73.0 Å². The van der Waals surface area contributed by atoms with Crippen LogP contribution in [0.15, 0.2) is 48.5 Å². The molecule has 0 spiro atoms. The number of benzene rings is 2. The van der Waals surface area contributed by atoms with Crippen molar-refractivity contribution in [1.82, 2.24) is 30.8 Å². The van der Waals surface area contributed by atoms with Crippen molar-refractivity contribution < 1.29 is 9.53 Å². The SMILES string of the molecule is CCCCN(Cc1ccc(-c2ccccc2-c2nnn[nH]2)cc1)c1nnc(C(=O)OCC)s1. The number of hydrogen-bond donors (Lipinski definition) is 1. The summed E-state index contributed by atoms with van der Waals surface area (Å²) in [6.07, 6.45) is 2.08. The van der Waals surface area contributed by atoms with E-state index in [0.29, 0.717) is 19.0 Å². The van der Waals surface area contributed by atoms with Gasteiger partial charge in [-0.25, -0.2) is 9.89 Å². The van der Waals surface area contributed by atoms with E-state index in [9.17, 15) is 4.79 Å². The highest BCUT2D eigenvalue weighted by Gasteiger charge is 2.18.